The van der Waals surface area contributed by atoms with Crippen LogP contribution in [-0.4, -0.2) is 52.4 Å². The lowest BCUT2D eigenvalue weighted by molar-refractivity contribution is -0.123. The Labute approximate surface area is 216 Å². The molecule has 1 aliphatic rings. The number of nitriles is 1. The van der Waals surface area contributed by atoms with Gasteiger partial charge in [0.25, 0.3) is 0 Å². The summed E-state index contributed by atoms with van der Waals surface area (Å²) in [7, 11) is 0. The first-order valence-electron chi connectivity index (χ1n) is 11.6. The van der Waals surface area contributed by atoms with Crippen LogP contribution >= 0.6 is 23.2 Å². The van der Waals surface area contributed by atoms with E-state index in [1.165, 1.54) is 0 Å². The second-order valence-electron chi connectivity index (χ2n) is 10.3. The van der Waals surface area contributed by atoms with Crippen molar-refractivity contribution in [1.29, 1.82) is 5.26 Å². The Morgan fingerprint density at radius 2 is 2.06 bits per heavy atom. The first-order chi connectivity index (χ1) is 16.5. The minimum Gasteiger partial charge on any atom is -0.394 e. The molecule has 1 aromatic heterocycles. The molecule has 0 aliphatic carbocycles. The number of aliphatic hydroxyl groups excluding tert-OH is 2. The molecule has 2 aromatic rings. The maximum Gasteiger partial charge on any atom is 0.237 e. The summed E-state index contributed by atoms with van der Waals surface area (Å²) < 4.78 is 0. The Bertz CT molecular complexity index is 1070. The van der Waals surface area contributed by atoms with E-state index in [9.17, 15) is 15.2 Å². The van der Waals surface area contributed by atoms with Crippen molar-refractivity contribution in [2.75, 3.05) is 13.2 Å². The van der Waals surface area contributed by atoms with Gasteiger partial charge in [0.15, 0.2) is 0 Å². The fourth-order valence-corrected chi connectivity index (χ4v) is 5.23. The zero-order chi connectivity index (χ0) is 25.8. The highest BCUT2D eigenvalue weighted by Gasteiger charge is 2.59. The number of benzene rings is 1. The van der Waals surface area contributed by atoms with Gasteiger partial charge < -0.3 is 20.8 Å². The molecule has 35 heavy (non-hydrogen) atoms. The lowest BCUT2D eigenvalue weighted by Gasteiger charge is -2.37. The van der Waals surface area contributed by atoms with Crippen molar-refractivity contribution in [2.24, 2.45) is 5.41 Å². The second kappa shape index (κ2) is 11.2. The van der Waals surface area contributed by atoms with Gasteiger partial charge in [0.2, 0.25) is 5.91 Å². The molecule has 2 heterocycles. The fourth-order valence-electron chi connectivity index (χ4n) is 4.92. The monoisotopic (exact) mass is 518 g/mol. The molecular weight excluding hydrogens is 487 g/mol. The van der Waals surface area contributed by atoms with E-state index in [1.54, 1.807) is 30.5 Å². The van der Waals surface area contributed by atoms with Gasteiger partial charge in [-0.05, 0) is 47.6 Å². The molecule has 4 N–H and O–H groups in total. The zero-order valence-electron chi connectivity index (χ0n) is 20.1. The molecule has 1 fully saturated rings. The van der Waals surface area contributed by atoms with E-state index in [4.69, 9.17) is 28.3 Å². The molecule has 1 saturated heterocycles. The highest BCUT2D eigenvalue weighted by Crippen LogP contribution is 2.51. The van der Waals surface area contributed by atoms with Crippen molar-refractivity contribution in [3.05, 3.63) is 63.9 Å². The van der Waals surface area contributed by atoms with Crippen molar-refractivity contribution < 1.29 is 15.0 Å². The molecule has 188 valence electrons. The van der Waals surface area contributed by atoms with Crippen LogP contribution in [0.25, 0.3) is 0 Å². The van der Waals surface area contributed by atoms with Crippen LogP contribution < -0.4 is 10.6 Å². The van der Waals surface area contributed by atoms with Crippen LogP contribution in [-0.2, 0) is 10.2 Å². The molecule has 4 unspecified atom stereocenters. The third-order valence-electron chi connectivity index (χ3n) is 6.44. The average molecular weight is 519 g/mol. The standard InChI is InChI=1S/C26H32Cl2N4O3/c1-25(2,3)12-20-26(15-29,17-7-8-21(28)31-13-17)22(16-5-4-6-18(27)11-16)23(32-20)24(35)30-10-9-19(34)14-33/h4-8,11,13,19-20,22-23,32-34H,9-10,12,14H2,1-3H3,(H,30,35)/t19-,20?,22?,23?,26?/m0/s1. The minimum absolute atomic E-state index is 0.144. The third-order valence-corrected chi connectivity index (χ3v) is 6.90. The third kappa shape index (κ3) is 6.14. The van der Waals surface area contributed by atoms with Gasteiger partial charge in [-0.15, -0.1) is 0 Å². The molecule has 5 atom stereocenters. The van der Waals surface area contributed by atoms with Crippen molar-refractivity contribution in [1.82, 2.24) is 15.6 Å². The Morgan fingerprint density at radius 3 is 2.63 bits per heavy atom. The largest absolute Gasteiger partial charge is 0.394 e. The molecule has 3 rings (SSSR count). The predicted octanol–water partition coefficient (Wildman–Crippen LogP) is 3.57. The number of nitrogens with one attached hydrogen (secondary N) is 2. The quantitative estimate of drug-likeness (QED) is 0.396. The van der Waals surface area contributed by atoms with Gasteiger partial charge in [0, 0.05) is 29.7 Å². The van der Waals surface area contributed by atoms with Gasteiger partial charge in [-0.25, -0.2) is 4.98 Å². The van der Waals surface area contributed by atoms with Crippen LogP contribution in [0.5, 0.6) is 0 Å². The maximum atomic E-state index is 13.5. The Morgan fingerprint density at radius 1 is 1.31 bits per heavy atom. The first kappa shape index (κ1) is 27.4. The Balaban J connectivity index is 2.14. The van der Waals surface area contributed by atoms with E-state index in [0.717, 1.165) is 5.56 Å². The van der Waals surface area contributed by atoms with Crippen molar-refractivity contribution in [2.45, 2.75) is 63.1 Å². The maximum absolute atomic E-state index is 13.5. The summed E-state index contributed by atoms with van der Waals surface area (Å²) in [5.74, 6) is -0.873. The molecule has 0 bridgehead atoms. The van der Waals surface area contributed by atoms with E-state index in [-0.39, 0.29) is 36.9 Å². The molecule has 0 radical (unpaired) electrons. The van der Waals surface area contributed by atoms with Gasteiger partial charge in [-0.3, -0.25) is 4.79 Å². The van der Waals surface area contributed by atoms with Crippen LogP contribution in [0.4, 0.5) is 0 Å². The minimum atomic E-state index is -1.14. The Hall–Kier alpha value is -2.21. The van der Waals surface area contributed by atoms with Crippen molar-refractivity contribution in [3.63, 3.8) is 0 Å². The van der Waals surface area contributed by atoms with Gasteiger partial charge in [-0.2, -0.15) is 5.26 Å². The summed E-state index contributed by atoms with van der Waals surface area (Å²) in [5.41, 5.74) is 0.146. The summed E-state index contributed by atoms with van der Waals surface area (Å²) in [4.78, 5) is 17.7. The highest BCUT2D eigenvalue weighted by atomic mass is 35.5. The summed E-state index contributed by atoms with van der Waals surface area (Å²) in [6, 6.07) is 12.1. The highest BCUT2D eigenvalue weighted by molar-refractivity contribution is 6.30. The number of pyridine rings is 1. The second-order valence-corrected chi connectivity index (χ2v) is 11.1. The van der Waals surface area contributed by atoms with Crippen molar-refractivity contribution in [3.8, 4) is 6.07 Å². The van der Waals surface area contributed by atoms with Crippen molar-refractivity contribution >= 4 is 29.1 Å². The normalized spacial score (nSPS) is 25.1. The molecule has 1 aromatic carbocycles. The van der Waals surface area contributed by atoms with Gasteiger partial charge in [0.1, 0.15) is 10.6 Å². The van der Waals surface area contributed by atoms with Gasteiger partial charge >= 0.3 is 0 Å². The summed E-state index contributed by atoms with van der Waals surface area (Å²) >= 11 is 12.4. The van der Waals surface area contributed by atoms with E-state index in [2.05, 4.69) is 42.5 Å². The average Bonchev–Trinajstić information content (AvgIpc) is 3.12. The molecule has 0 spiro atoms. The van der Waals surface area contributed by atoms with Crippen LogP contribution in [0.15, 0.2) is 42.6 Å². The number of carbonyl (C=O) groups is 1. The first-order valence-corrected chi connectivity index (χ1v) is 12.4. The van der Waals surface area contributed by atoms with Crippen LogP contribution in [0.3, 0.4) is 0 Å². The number of carbonyl (C=O) groups excluding carboxylic acids is 1. The lowest BCUT2D eigenvalue weighted by Crippen LogP contribution is -2.46. The topological polar surface area (TPSA) is 118 Å². The van der Waals surface area contributed by atoms with Crippen LogP contribution in [0.1, 0.15) is 50.7 Å². The number of nitrogens with zero attached hydrogens (tertiary/aromatic N) is 2. The molecule has 1 aliphatic heterocycles. The number of rotatable bonds is 8. The summed E-state index contributed by atoms with van der Waals surface area (Å²) in [6.45, 7) is 6.09. The van der Waals surface area contributed by atoms with Crippen LogP contribution in [0, 0.1) is 16.7 Å². The number of hydrogen-bond acceptors (Lipinski definition) is 6. The molecule has 7 nitrogen and oxygen atoms in total. The van der Waals surface area contributed by atoms with Gasteiger partial charge in [0.05, 0.1) is 24.8 Å². The number of amides is 1. The molecular formula is C26H32Cl2N4O3. The smallest absolute Gasteiger partial charge is 0.237 e. The fraction of sp³-hybridized carbons (Fsp3) is 0.500. The predicted molar refractivity (Wildman–Crippen MR) is 136 cm³/mol. The SMILES string of the molecule is CC(C)(C)CC1NC(C(=O)NCC[C@H](O)CO)C(c2cccc(Cl)c2)C1(C#N)c1ccc(Cl)nc1. The van der Waals surface area contributed by atoms with E-state index in [0.29, 0.717) is 22.2 Å². The zero-order valence-corrected chi connectivity index (χ0v) is 21.6. The Kier molecular flexibility index (Phi) is 8.79. The number of hydrogen-bond donors (Lipinski definition) is 4. The number of aliphatic hydroxyl groups is 2. The molecule has 0 saturated carbocycles. The van der Waals surface area contributed by atoms with Crippen LogP contribution in [0.2, 0.25) is 10.2 Å². The molecule has 1 amide bonds. The van der Waals surface area contributed by atoms with Gasteiger partial charge in [-0.1, -0.05) is 62.2 Å². The van der Waals surface area contributed by atoms with E-state index in [1.807, 2.05) is 12.1 Å². The summed E-state index contributed by atoms with van der Waals surface area (Å²) in [5, 5.41) is 36.7. The molecule has 9 heteroatoms. The van der Waals surface area contributed by atoms with E-state index >= 15 is 0 Å². The lowest BCUT2D eigenvalue weighted by atomic mass is 9.63. The van der Waals surface area contributed by atoms with E-state index < -0.39 is 23.5 Å². The summed E-state index contributed by atoms with van der Waals surface area (Å²) in [6.07, 6.45) is 1.53. The number of aromatic nitrogens is 1. The number of halogens is 2.